The van der Waals surface area contributed by atoms with Crippen molar-refractivity contribution in [2.75, 3.05) is 0 Å². The maximum atomic E-state index is 12.9. The lowest BCUT2D eigenvalue weighted by molar-refractivity contribution is 0.846. The molecule has 0 aliphatic carbocycles. The van der Waals surface area contributed by atoms with Crippen LogP contribution in [0.2, 0.25) is 0 Å². The van der Waals surface area contributed by atoms with Crippen LogP contribution in [0.15, 0.2) is 83.9 Å². The summed E-state index contributed by atoms with van der Waals surface area (Å²) >= 11 is 0. The number of aromatic nitrogens is 4. The molecule has 0 amide bonds. The first-order valence-corrected chi connectivity index (χ1v) is 9.51. The standard InChI is InChI=1S/C24H20N4O/c1-16-7-6-8-17(13-16)22-23(26-15-25-22)18-11-12-20-21(14-18)27(2)24(29)28(20)19-9-4-3-5-10-19/h3-15H,1-2H3,(H,25,26). The largest absolute Gasteiger partial charge is 0.344 e. The van der Waals surface area contributed by atoms with Gasteiger partial charge in [-0.3, -0.25) is 9.13 Å². The van der Waals surface area contributed by atoms with Crippen molar-refractivity contribution < 1.29 is 0 Å². The van der Waals surface area contributed by atoms with Crippen LogP contribution in [0.3, 0.4) is 0 Å². The van der Waals surface area contributed by atoms with Crippen LogP contribution in [0.25, 0.3) is 39.2 Å². The summed E-state index contributed by atoms with van der Waals surface area (Å²) in [6, 6.07) is 24.1. The van der Waals surface area contributed by atoms with E-state index in [2.05, 4.69) is 35.1 Å². The predicted octanol–water partition coefficient (Wildman–Crippen LogP) is 4.69. The Morgan fingerprint density at radius 1 is 0.862 bits per heavy atom. The van der Waals surface area contributed by atoms with E-state index in [-0.39, 0.29) is 5.69 Å². The number of nitrogens with one attached hydrogen (secondary N) is 1. The van der Waals surface area contributed by atoms with Crippen molar-refractivity contribution in [2.45, 2.75) is 6.92 Å². The molecule has 0 bridgehead atoms. The van der Waals surface area contributed by atoms with E-state index in [1.165, 1.54) is 5.56 Å². The number of aromatic amines is 1. The monoisotopic (exact) mass is 380 g/mol. The molecule has 1 N–H and O–H groups in total. The number of imidazole rings is 2. The van der Waals surface area contributed by atoms with Gasteiger partial charge in [0.25, 0.3) is 0 Å². The van der Waals surface area contributed by atoms with Gasteiger partial charge >= 0.3 is 5.69 Å². The molecule has 0 aliphatic rings. The predicted molar refractivity (Wildman–Crippen MR) is 116 cm³/mol. The Bertz CT molecular complexity index is 1390. The number of para-hydroxylation sites is 1. The molecular formula is C24H20N4O. The molecule has 3 aromatic carbocycles. The fraction of sp³-hybridized carbons (Fsp3) is 0.0833. The summed E-state index contributed by atoms with van der Waals surface area (Å²) in [5, 5.41) is 0. The number of nitrogens with zero attached hydrogens (tertiary/aromatic N) is 3. The zero-order valence-corrected chi connectivity index (χ0v) is 16.3. The highest BCUT2D eigenvalue weighted by molar-refractivity contribution is 5.87. The van der Waals surface area contributed by atoms with Crippen LogP contribution in [0.4, 0.5) is 0 Å². The third-order valence-corrected chi connectivity index (χ3v) is 5.29. The van der Waals surface area contributed by atoms with E-state index in [4.69, 9.17) is 0 Å². The number of aryl methyl sites for hydroxylation is 2. The molecule has 0 aliphatic heterocycles. The summed E-state index contributed by atoms with van der Waals surface area (Å²) in [6.07, 6.45) is 1.71. The van der Waals surface area contributed by atoms with Gasteiger partial charge in [-0.05, 0) is 37.3 Å². The Morgan fingerprint density at radius 3 is 2.48 bits per heavy atom. The second-order valence-corrected chi connectivity index (χ2v) is 7.21. The lowest BCUT2D eigenvalue weighted by Crippen LogP contribution is -2.20. The molecule has 0 saturated carbocycles. The number of H-pyrrole nitrogens is 1. The van der Waals surface area contributed by atoms with Gasteiger partial charge in [0, 0.05) is 18.2 Å². The molecule has 0 unspecified atom stereocenters. The smallest absolute Gasteiger partial charge is 0.333 e. The first kappa shape index (κ1) is 17.3. The highest BCUT2D eigenvalue weighted by Gasteiger charge is 2.16. The van der Waals surface area contributed by atoms with Crippen molar-refractivity contribution in [3.8, 4) is 28.2 Å². The van der Waals surface area contributed by atoms with Gasteiger partial charge in [0.15, 0.2) is 0 Å². The summed E-state index contributed by atoms with van der Waals surface area (Å²) in [4.78, 5) is 20.7. The second kappa shape index (κ2) is 6.63. The first-order valence-electron chi connectivity index (χ1n) is 9.51. The average Bonchev–Trinajstić information content (AvgIpc) is 3.32. The third kappa shape index (κ3) is 2.79. The Kier molecular flexibility index (Phi) is 3.95. The highest BCUT2D eigenvalue weighted by atomic mass is 16.1. The SMILES string of the molecule is Cc1cccc(-c2nc[nH]c2-c2ccc3c(c2)n(C)c(=O)n3-c2ccccc2)c1. The van der Waals surface area contributed by atoms with Crippen molar-refractivity contribution in [3.63, 3.8) is 0 Å². The molecule has 5 aromatic rings. The average molecular weight is 380 g/mol. The van der Waals surface area contributed by atoms with Crippen LogP contribution in [0.1, 0.15) is 5.56 Å². The molecule has 29 heavy (non-hydrogen) atoms. The molecule has 5 heteroatoms. The minimum absolute atomic E-state index is 0.0631. The summed E-state index contributed by atoms with van der Waals surface area (Å²) in [5.74, 6) is 0. The third-order valence-electron chi connectivity index (χ3n) is 5.29. The number of benzene rings is 3. The highest BCUT2D eigenvalue weighted by Crippen LogP contribution is 2.31. The van der Waals surface area contributed by atoms with Crippen molar-refractivity contribution in [1.82, 2.24) is 19.1 Å². The molecule has 5 rings (SSSR count). The number of fused-ring (bicyclic) bond motifs is 1. The Balaban J connectivity index is 1.69. The summed E-state index contributed by atoms with van der Waals surface area (Å²) in [7, 11) is 1.81. The van der Waals surface area contributed by atoms with Crippen molar-refractivity contribution in [1.29, 1.82) is 0 Å². The fourth-order valence-electron chi connectivity index (χ4n) is 3.84. The number of hydrogen-bond donors (Lipinski definition) is 1. The number of rotatable bonds is 3. The topological polar surface area (TPSA) is 55.6 Å². The molecule has 2 heterocycles. The number of hydrogen-bond acceptors (Lipinski definition) is 2. The minimum atomic E-state index is -0.0631. The molecule has 5 nitrogen and oxygen atoms in total. The van der Waals surface area contributed by atoms with Crippen LogP contribution >= 0.6 is 0 Å². The molecule has 0 atom stereocenters. The summed E-state index contributed by atoms with van der Waals surface area (Å²) in [6.45, 7) is 2.07. The van der Waals surface area contributed by atoms with E-state index in [0.29, 0.717) is 0 Å². The van der Waals surface area contributed by atoms with E-state index < -0.39 is 0 Å². The fourth-order valence-corrected chi connectivity index (χ4v) is 3.84. The van der Waals surface area contributed by atoms with Gasteiger partial charge in [0.1, 0.15) is 0 Å². The zero-order chi connectivity index (χ0) is 20.0. The van der Waals surface area contributed by atoms with Crippen LogP contribution in [-0.4, -0.2) is 19.1 Å². The van der Waals surface area contributed by atoms with Crippen LogP contribution in [-0.2, 0) is 7.05 Å². The molecule has 0 spiro atoms. The zero-order valence-electron chi connectivity index (χ0n) is 16.3. The first-order chi connectivity index (χ1) is 14.1. The van der Waals surface area contributed by atoms with Crippen molar-refractivity contribution in [3.05, 3.63) is 95.2 Å². The molecular weight excluding hydrogens is 360 g/mol. The maximum absolute atomic E-state index is 12.9. The van der Waals surface area contributed by atoms with E-state index in [9.17, 15) is 4.79 Å². The van der Waals surface area contributed by atoms with Gasteiger partial charge in [-0.25, -0.2) is 9.78 Å². The van der Waals surface area contributed by atoms with Gasteiger partial charge in [0.2, 0.25) is 0 Å². The van der Waals surface area contributed by atoms with Gasteiger partial charge in [-0.1, -0.05) is 48.0 Å². The van der Waals surface area contributed by atoms with Gasteiger partial charge in [-0.15, -0.1) is 0 Å². The minimum Gasteiger partial charge on any atom is -0.344 e. The molecule has 0 fully saturated rings. The summed E-state index contributed by atoms with van der Waals surface area (Å²) in [5.41, 5.74) is 7.64. The maximum Gasteiger partial charge on any atom is 0.333 e. The second-order valence-electron chi connectivity index (χ2n) is 7.21. The van der Waals surface area contributed by atoms with Gasteiger partial charge in [-0.2, -0.15) is 0 Å². The van der Waals surface area contributed by atoms with Crippen molar-refractivity contribution in [2.24, 2.45) is 7.05 Å². The van der Waals surface area contributed by atoms with Crippen LogP contribution < -0.4 is 5.69 Å². The molecule has 2 aromatic heterocycles. The summed E-state index contributed by atoms with van der Waals surface area (Å²) < 4.78 is 3.43. The van der Waals surface area contributed by atoms with Gasteiger partial charge < -0.3 is 4.98 Å². The van der Waals surface area contributed by atoms with E-state index in [0.717, 1.165) is 39.2 Å². The Labute approximate surface area is 167 Å². The van der Waals surface area contributed by atoms with E-state index in [1.807, 2.05) is 61.6 Å². The molecule has 0 saturated heterocycles. The Morgan fingerprint density at radius 2 is 1.69 bits per heavy atom. The quantitative estimate of drug-likeness (QED) is 0.493. The van der Waals surface area contributed by atoms with Gasteiger partial charge in [0.05, 0.1) is 34.4 Å². The lowest BCUT2D eigenvalue weighted by Gasteiger charge is -2.06. The lowest BCUT2D eigenvalue weighted by atomic mass is 10.0. The van der Waals surface area contributed by atoms with E-state index in [1.54, 1.807) is 15.5 Å². The normalized spacial score (nSPS) is 11.2. The molecule has 0 radical (unpaired) electrons. The van der Waals surface area contributed by atoms with Crippen LogP contribution in [0, 0.1) is 6.92 Å². The van der Waals surface area contributed by atoms with E-state index >= 15 is 0 Å². The molecule has 142 valence electrons. The van der Waals surface area contributed by atoms with Crippen LogP contribution in [0.5, 0.6) is 0 Å². The Hall–Kier alpha value is -3.86. The van der Waals surface area contributed by atoms with Crippen molar-refractivity contribution >= 4 is 11.0 Å².